The van der Waals surface area contributed by atoms with Crippen molar-refractivity contribution in [2.75, 3.05) is 40.9 Å². The number of allylic oxidation sites excluding steroid dienone is 1. The van der Waals surface area contributed by atoms with Gasteiger partial charge in [-0.15, -0.1) is 0 Å². The Kier molecular flexibility index (Phi) is 59.9. The summed E-state index contributed by atoms with van der Waals surface area (Å²) < 4.78 is 30.4. The fraction of sp³-hybridized carbons (Fsp3) is 0.943. The van der Waals surface area contributed by atoms with Gasteiger partial charge < -0.3 is 28.5 Å². The van der Waals surface area contributed by atoms with E-state index in [9.17, 15) is 19.0 Å². The lowest BCUT2D eigenvalue weighted by molar-refractivity contribution is -0.870. The third-order valence-electron chi connectivity index (χ3n) is 16.5. The Bertz CT molecular complexity index is 1370. The van der Waals surface area contributed by atoms with Crippen LogP contribution in [0.15, 0.2) is 12.2 Å². The second-order valence-electron chi connectivity index (χ2n) is 25.8. The maximum absolute atomic E-state index is 13.5. The zero-order valence-corrected chi connectivity index (χ0v) is 55.5. The molecule has 0 aromatic heterocycles. The number of esters is 1. The number of ether oxygens (including phenoxy) is 1. The molecule has 1 amide bonds. The van der Waals surface area contributed by atoms with Gasteiger partial charge in [0.15, 0.2) is 0 Å². The minimum absolute atomic E-state index is 0.0166. The van der Waals surface area contributed by atoms with Crippen molar-refractivity contribution in [2.24, 2.45) is 0 Å². The quantitative estimate of drug-likeness (QED) is 0.0212. The lowest BCUT2D eigenvalue weighted by Crippen LogP contribution is -2.47. The first-order chi connectivity index (χ1) is 38.9. The molecule has 0 aliphatic carbocycles. The largest absolute Gasteiger partial charge is 0.756 e. The number of phosphoric acid groups is 1. The van der Waals surface area contributed by atoms with Crippen LogP contribution in [0.4, 0.5) is 0 Å². The van der Waals surface area contributed by atoms with E-state index in [0.717, 1.165) is 57.8 Å². The number of phosphoric ester groups is 1. The molecule has 0 fully saturated rings. The molecular formula is C70H139N2O7P. The van der Waals surface area contributed by atoms with Crippen LogP contribution in [-0.2, 0) is 27.9 Å². The average molecular weight is 1150 g/mol. The van der Waals surface area contributed by atoms with Crippen LogP contribution < -0.4 is 10.2 Å². The number of unbranched alkanes of at least 4 members (excludes halogenated alkanes) is 50. The van der Waals surface area contributed by atoms with Crippen LogP contribution in [0, 0.1) is 0 Å². The zero-order chi connectivity index (χ0) is 58.6. The second-order valence-corrected chi connectivity index (χ2v) is 27.2. The number of amides is 1. The van der Waals surface area contributed by atoms with E-state index < -0.39 is 20.0 Å². The monoisotopic (exact) mass is 1150 g/mol. The summed E-state index contributed by atoms with van der Waals surface area (Å²) in [6.07, 6.45) is 72.0. The maximum Gasteiger partial charge on any atom is 0.306 e. The number of rotatable bonds is 66. The number of carbonyl (C=O) groups excluding carboxylic acids is 2. The molecule has 0 aliphatic rings. The van der Waals surface area contributed by atoms with Crippen LogP contribution in [0.3, 0.4) is 0 Å². The Morgan fingerprint density at radius 3 is 1.02 bits per heavy atom. The van der Waals surface area contributed by atoms with Crippen molar-refractivity contribution < 1.29 is 37.3 Å². The summed E-state index contributed by atoms with van der Waals surface area (Å²) in [5.41, 5.74) is 0. The number of quaternary nitrogens is 1. The Hall–Kier alpha value is -1.25. The fourth-order valence-electron chi connectivity index (χ4n) is 11.0. The highest BCUT2D eigenvalue weighted by Crippen LogP contribution is 2.38. The van der Waals surface area contributed by atoms with E-state index in [-0.39, 0.29) is 31.5 Å². The SMILES string of the molecule is CCCCCCCCCCC/C=C\C(OC(=O)CCCCCCCCCCCCCCCCCCCCCCCCCCCCC)C(COP(=O)([O-])OCC[N+](C)(C)C)NC(=O)CCCCCCCCCCCCCCCCCC. The number of nitrogens with zero attached hydrogens (tertiary/aromatic N) is 1. The van der Waals surface area contributed by atoms with Gasteiger partial charge in [0.05, 0.1) is 33.8 Å². The molecule has 9 nitrogen and oxygen atoms in total. The van der Waals surface area contributed by atoms with Crippen LogP contribution in [-0.4, -0.2) is 69.4 Å². The normalized spacial score (nSPS) is 13.5. The molecule has 0 saturated heterocycles. The summed E-state index contributed by atoms with van der Waals surface area (Å²) in [5.74, 6) is -0.515. The van der Waals surface area contributed by atoms with Crippen molar-refractivity contribution in [1.82, 2.24) is 5.32 Å². The van der Waals surface area contributed by atoms with Gasteiger partial charge in [0, 0.05) is 12.8 Å². The first kappa shape index (κ1) is 78.8. The third-order valence-corrected chi connectivity index (χ3v) is 17.4. The Morgan fingerprint density at radius 1 is 0.425 bits per heavy atom. The highest BCUT2D eigenvalue weighted by atomic mass is 31.2. The van der Waals surface area contributed by atoms with Gasteiger partial charge >= 0.3 is 5.97 Å². The van der Waals surface area contributed by atoms with Gasteiger partial charge in [-0.1, -0.05) is 341 Å². The molecule has 0 spiro atoms. The summed E-state index contributed by atoms with van der Waals surface area (Å²) in [6.45, 7) is 6.91. The Balaban J connectivity index is 4.91. The average Bonchev–Trinajstić information content (AvgIpc) is 3.43. The van der Waals surface area contributed by atoms with Crippen LogP contribution in [0.2, 0.25) is 0 Å². The highest BCUT2D eigenvalue weighted by molar-refractivity contribution is 7.45. The zero-order valence-electron chi connectivity index (χ0n) is 54.6. The van der Waals surface area contributed by atoms with Crippen molar-refractivity contribution in [3.63, 3.8) is 0 Å². The third kappa shape index (κ3) is 61.3. The van der Waals surface area contributed by atoms with Crippen molar-refractivity contribution in [3.8, 4) is 0 Å². The topological polar surface area (TPSA) is 114 Å². The van der Waals surface area contributed by atoms with Gasteiger partial charge in [-0.2, -0.15) is 0 Å². The number of hydrogen-bond donors (Lipinski definition) is 1. The van der Waals surface area contributed by atoms with Crippen LogP contribution in [0.1, 0.15) is 374 Å². The first-order valence-corrected chi connectivity index (χ1v) is 37.0. The number of hydrogen-bond acceptors (Lipinski definition) is 7. The lowest BCUT2D eigenvalue weighted by Gasteiger charge is -2.30. The van der Waals surface area contributed by atoms with Gasteiger partial charge in [0.1, 0.15) is 19.3 Å². The van der Waals surface area contributed by atoms with Gasteiger partial charge in [0.25, 0.3) is 7.82 Å². The molecule has 0 aliphatic heterocycles. The summed E-state index contributed by atoms with van der Waals surface area (Å²) in [7, 11) is 1.21. The van der Waals surface area contributed by atoms with E-state index >= 15 is 0 Å². The van der Waals surface area contributed by atoms with Crippen molar-refractivity contribution in [3.05, 3.63) is 12.2 Å². The van der Waals surface area contributed by atoms with Crippen LogP contribution in [0.25, 0.3) is 0 Å². The summed E-state index contributed by atoms with van der Waals surface area (Å²) >= 11 is 0. The second kappa shape index (κ2) is 60.9. The highest BCUT2D eigenvalue weighted by Gasteiger charge is 2.27. The van der Waals surface area contributed by atoms with Crippen LogP contribution >= 0.6 is 7.82 Å². The smallest absolute Gasteiger partial charge is 0.306 e. The predicted molar refractivity (Wildman–Crippen MR) is 344 cm³/mol. The molecule has 0 bridgehead atoms. The molecule has 3 atom stereocenters. The molecule has 0 aromatic rings. The van der Waals surface area contributed by atoms with E-state index in [4.69, 9.17) is 13.8 Å². The van der Waals surface area contributed by atoms with Gasteiger partial charge in [0.2, 0.25) is 5.91 Å². The Morgan fingerprint density at radius 2 is 0.713 bits per heavy atom. The maximum atomic E-state index is 13.5. The molecule has 0 aromatic carbocycles. The lowest BCUT2D eigenvalue weighted by atomic mass is 10.0. The van der Waals surface area contributed by atoms with Crippen molar-refractivity contribution >= 4 is 19.7 Å². The van der Waals surface area contributed by atoms with Gasteiger partial charge in [-0.25, -0.2) is 0 Å². The summed E-state index contributed by atoms with van der Waals surface area (Å²) in [4.78, 5) is 40.1. The van der Waals surface area contributed by atoms with Gasteiger partial charge in [-0.3, -0.25) is 14.2 Å². The minimum atomic E-state index is -4.69. The molecular weight excluding hydrogens is 1010 g/mol. The predicted octanol–water partition coefficient (Wildman–Crippen LogP) is 21.7. The van der Waals surface area contributed by atoms with Crippen molar-refractivity contribution in [1.29, 1.82) is 0 Å². The molecule has 1 N–H and O–H groups in total. The number of nitrogens with one attached hydrogen (secondary N) is 1. The van der Waals surface area contributed by atoms with Crippen LogP contribution in [0.5, 0.6) is 0 Å². The van der Waals surface area contributed by atoms with E-state index in [1.54, 1.807) is 0 Å². The minimum Gasteiger partial charge on any atom is -0.756 e. The Labute approximate surface area is 499 Å². The van der Waals surface area contributed by atoms with E-state index in [2.05, 4.69) is 26.1 Å². The van der Waals surface area contributed by atoms with Gasteiger partial charge in [-0.05, 0) is 31.8 Å². The number of carbonyl (C=O) groups is 2. The summed E-state index contributed by atoms with van der Waals surface area (Å²) in [6, 6.07) is -0.880. The molecule has 3 unspecified atom stereocenters. The van der Waals surface area contributed by atoms with E-state index in [1.165, 1.54) is 283 Å². The first-order valence-electron chi connectivity index (χ1n) is 35.5. The molecule has 476 valence electrons. The molecule has 0 radical (unpaired) electrons. The number of likely N-dealkylation sites (N-methyl/N-ethyl adjacent to an activating group) is 1. The van der Waals surface area contributed by atoms with E-state index in [1.807, 2.05) is 33.3 Å². The van der Waals surface area contributed by atoms with E-state index in [0.29, 0.717) is 17.4 Å². The fourth-order valence-corrected chi connectivity index (χ4v) is 11.7. The molecule has 0 rings (SSSR count). The molecule has 0 heterocycles. The summed E-state index contributed by atoms with van der Waals surface area (Å²) in [5, 5.41) is 3.04. The molecule has 0 saturated carbocycles. The molecule has 80 heavy (non-hydrogen) atoms. The standard InChI is InChI=1S/C70H139N2O7P/c1-7-10-13-16-19-22-25-27-29-31-32-33-34-35-36-37-38-39-40-41-43-45-48-51-54-57-60-63-70(74)79-68(61-58-55-52-49-46-24-21-18-15-12-9-3)67(66-78-80(75,76)77-65-64-72(4,5)6)71-69(73)62-59-56-53-50-47-44-42-30-28-26-23-20-17-14-11-8-2/h58,61,67-68H,7-57,59-60,62-66H2,1-6H3,(H-,71,73,75,76)/b61-58-. The van der Waals surface area contributed by atoms with Crippen molar-refractivity contribution in [2.45, 2.75) is 386 Å². The molecule has 10 heteroatoms.